The van der Waals surface area contributed by atoms with Crippen LogP contribution in [0.1, 0.15) is 12.7 Å². The van der Waals surface area contributed by atoms with Crippen LogP contribution in [0.5, 0.6) is 5.75 Å². The summed E-state index contributed by atoms with van der Waals surface area (Å²) >= 11 is 0. The van der Waals surface area contributed by atoms with E-state index in [9.17, 15) is 0 Å². The number of nitrogens with zero attached hydrogens (tertiary/aromatic N) is 3. The Morgan fingerprint density at radius 3 is 2.84 bits per heavy atom. The van der Waals surface area contributed by atoms with Crippen molar-refractivity contribution in [3.63, 3.8) is 0 Å². The summed E-state index contributed by atoms with van der Waals surface area (Å²) in [7, 11) is 1.70. The highest BCUT2D eigenvalue weighted by Gasteiger charge is 2.08. The van der Waals surface area contributed by atoms with Gasteiger partial charge in [-0.2, -0.15) is 0 Å². The van der Waals surface area contributed by atoms with Crippen LogP contribution < -0.4 is 4.74 Å². The number of imidazole rings is 1. The average Bonchev–Trinajstić information content (AvgIpc) is 3.06. The molecule has 3 aromatic rings. The first-order valence-electron chi connectivity index (χ1n) is 6.45. The van der Waals surface area contributed by atoms with E-state index in [1.54, 1.807) is 7.11 Å². The predicted octanol–water partition coefficient (Wildman–Crippen LogP) is 2.91. The minimum absolute atomic E-state index is 0.775. The lowest BCUT2D eigenvalue weighted by Gasteiger charge is -2.08. The molecule has 0 N–H and O–H groups in total. The first-order valence-corrected chi connectivity index (χ1v) is 6.45. The van der Waals surface area contributed by atoms with E-state index in [2.05, 4.69) is 39.4 Å². The Balaban J connectivity index is 2.02. The lowest BCUT2D eigenvalue weighted by molar-refractivity contribution is 0.420. The summed E-state index contributed by atoms with van der Waals surface area (Å²) in [6.45, 7) is 3.84. The molecule has 0 bridgehead atoms. The molecule has 0 aliphatic heterocycles. The van der Waals surface area contributed by atoms with Gasteiger partial charge in [0.2, 0.25) is 0 Å². The predicted molar refractivity (Wildman–Crippen MR) is 75.5 cm³/mol. The van der Waals surface area contributed by atoms with E-state index >= 15 is 0 Å². The number of benzene rings is 1. The molecule has 0 atom stereocenters. The van der Waals surface area contributed by atoms with Crippen molar-refractivity contribution in [2.75, 3.05) is 7.11 Å². The van der Waals surface area contributed by atoms with E-state index in [0.29, 0.717) is 0 Å². The van der Waals surface area contributed by atoms with Gasteiger partial charge in [-0.1, -0.05) is 6.07 Å². The highest BCUT2D eigenvalue weighted by atomic mass is 16.5. The summed E-state index contributed by atoms with van der Waals surface area (Å²) in [6.07, 6.45) is 5.95. The summed E-state index contributed by atoms with van der Waals surface area (Å²) in [5.74, 6) is 1.98. The van der Waals surface area contributed by atoms with Crippen LogP contribution in [0.15, 0.2) is 42.9 Å². The van der Waals surface area contributed by atoms with Crippen molar-refractivity contribution in [2.45, 2.75) is 20.0 Å². The quantitative estimate of drug-likeness (QED) is 0.718. The third-order valence-electron chi connectivity index (χ3n) is 3.45. The van der Waals surface area contributed by atoms with Gasteiger partial charge in [-0.25, -0.2) is 4.98 Å². The Hall–Kier alpha value is -2.23. The fourth-order valence-electron chi connectivity index (χ4n) is 2.44. The normalized spacial score (nSPS) is 11.1. The van der Waals surface area contributed by atoms with Crippen molar-refractivity contribution in [1.29, 1.82) is 0 Å². The van der Waals surface area contributed by atoms with Gasteiger partial charge < -0.3 is 13.9 Å². The number of hydrogen-bond donors (Lipinski definition) is 0. The molecule has 1 aromatic carbocycles. The highest BCUT2D eigenvalue weighted by Crippen LogP contribution is 2.26. The molecule has 0 amide bonds. The van der Waals surface area contributed by atoms with Crippen molar-refractivity contribution in [1.82, 2.24) is 14.1 Å². The van der Waals surface area contributed by atoms with Crippen molar-refractivity contribution >= 4 is 10.9 Å². The minimum Gasteiger partial charge on any atom is -0.496 e. The lowest BCUT2D eigenvalue weighted by Crippen LogP contribution is -2.06. The monoisotopic (exact) mass is 255 g/mol. The van der Waals surface area contributed by atoms with Crippen molar-refractivity contribution in [3.8, 4) is 5.75 Å². The van der Waals surface area contributed by atoms with Crippen LogP contribution in [0.4, 0.5) is 0 Å². The van der Waals surface area contributed by atoms with Crippen LogP contribution in [0.25, 0.3) is 10.9 Å². The van der Waals surface area contributed by atoms with Gasteiger partial charge in [0, 0.05) is 30.5 Å². The van der Waals surface area contributed by atoms with E-state index in [0.717, 1.165) is 30.0 Å². The topological polar surface area (TPSA) is 32.0 Å². The van der Waals surface area contributed by atoms with E-state index in [1.165, 1.54) is 5.52 Å². The third kappa shape index (κ3) is 1.99. The fraction of sp³-hybridized carbons (Fsp3) is 0.267. The summed E-state index contributed by atoms with van der Waals surface area (Å²) in [6, 6.07) is 8.20. The van der Waals surface area contributed by atoms with Crippen LogP contribution in [0.2, 0.25) is 0 Å². The molecule has 2 aromatic heterocycles. The molecule has 0 saturated carbocycles. The van der Waals surface area contributed by atoms with Crippen LogP contribution in [0.3, 0.4) is 0 Å². The Labute approximate surface area is 112 Å². The molecule has 19 heavy (non-hydrogen) atoms. The van der Waals surface area contributed by atoms with Gasteiger partial charge in [0.05, 0.1) is 19.2 Å². The van der Waals surface area contributed by atoms with Gasteiger partial charge in [-0.05, 0) is 25.1 Å². The van der Waals surface area contributed by atoms with Gasteiger partial charge in [0.1, 0.15) is 11.6 Å². The SMILES string of the molecule is CCn1ccnc1Cn1ccc2c(OC)cccc21. The van der Waals surface area contributed by atoms with Crippen LogP contribution in [-0.2, 0) is 13.1 Å². The van der Waals surface area contributed by atoms with E-state index in [4.69, 9.17) is 4.74 Å². The maximum atomic E-state index is 5.39. The molecular formula is C15H17N3O. The second-order valence-electron chi connectivity index (χ2n) is 4.47. The van der Waals surface area contributed by atoms with Gasteiger partial charge >= 0.3 is 0 Å². The Morgan fingerprint density at radius 2 is 2.05 bits per heavy atom. The maximum Gasteiger partial charge on any atom is 0.128 e. The molecule has 0 aliphatic carbocycles. The highest BCUT2D eigenvalue weighted by molar-refractivity contribution is 5.86. The first kappa shape index (κ1) is 11.8. The minimum atomic E-state index is 0.775. The molecule has 3 rings (SSSR count). The molecule has 4 heteroatoms. The molecule has 0 spiro atoms. The number of hydrogen-bond acceptors (Lipinski definition) is 2. The Kier molecular flexibility index (Phi) is 2.99. The molecule has 0 aliphatic rings. The van der Waals surface area contributed by atoms with Gasteiger partial charge in [-0.15, -0.1) is 0 Å². The Morgan fingerprint density at radius 1 is 1.16 bits per heavy atom. The van der Waals surface area contributed by atoms with Gasteiger partial charge in [0.25, 0.3) is 0 Å². The molecule has 4 nitrogen and oxygen atoms in total. The molecular weight excluding hydrogens is 238 g/mol. The third-order valence-corrected chi connectivity index (χ3v) is 3.45. The smallest absolute Gasteiger partial charge is 0.128 e. The summed E-state index contributed by atoms with van der Waals surface area (Å²) in [4.78, 5) is 4.42. The maximum absolute atomic E-state index is 5.39. The zero-order chi connectivity index (χ0) is 13.2. The summed E-state index contributed by atoms with van der Waals surface area (Å²) < 4.78 is 9.75. The molecule has 2 heterocycles. The number of rotatable bonds is 4. The van der Waals surface area contributed by atoms with Crippen molar-refractivity contribution < 1.29 is 4.74 Å². The average molecular weight is 255 g/mol. The number of fused-ring (bicyclic) bond motifs is 1. The largest absolute Gasteiger partial charge is 0.496 e. The second-order valence-corrected chi connectivity index (χ2v) is 4.47. The molecule has 98 valence electrons. The standard InChI is InChI=1S/C15H17N3O/c1-3-17-10-8-16-15(17)11-18-9-7-12-13(18)5-4-6-14(12)19-2/h4-10H,3,11H2,1-2H3. The molecule has 0 saturated heterocycles. The van der Waals surface area contributed by atoms with Gasteiger partial charge in [-0.3, -0.25) is 0 Å². The lowest BCUT2D eigenvalue weighted by atomic mass is 10.2. The zero-order valence-corrected chi connectivity index (χ0v) is 11.2. The Bertz CT molecular complexity index is 696. The van der Waals surface area contributed by atoms with E-state index in [1.807, 2.05) is 24.5 Å². The van der Waals surface area contributed by atoms with Gasteiger partial charge in [0.15, 0.2) is 0 Å². The van der Waals surface area contributed by atoms with Crippen molar-refractivity contribution in [3.05, 3.63) is 48.7 Å². The molecule has 0 fully saturated rings. The zero-order valence-electron chi connectivity index (χ0n) is 11.2. The van der Waals surface area contributed by atoms with Crippen LogP contribution in [0, 0.1) is 0 Å². The fourth-order valence-corrected chi connectivity index (χ4v) is 2.44. The number of ether oxygens (including phenoxy) is 1. The first-order chi connectivity index (χ1) is 9.33. The van der Waals surface area contributed by atoms with Crippen molar-refractivity contribution in [2.24, 2.45) is 0 Å². The van der Waals surface area contributed by atoms with E-state index in [-0.39, 0.29) is 0 Å². The number of methoxy groups -OCH3 is 1. The van der Waals surface area contributed by atoms with Crippen LogP contribution in [-0.4, -0.2) is 21.2 Å². The molecule has 0 radical (unpaired) electrons. The molecule has 0 unspecified atom stereocenters. The summed E-state index contributed by atoms with van der Waals surface area (Å²) in [5, 5.41) is 1.14. The summed E-state index contributed by atoms with van der Waals surface area (Å²) in [5.41, 5.74) is 1.17. The van der Waals surface area contributed by atoms with E-state index < -0.39 is 0 Å². The second kappa shape index (κ2) is 4.80. The van der Waals surface area contributed by atoms with Crippen LogP contribution >= 0.6 is 0 Å². The number of aromatic nitrogens is 3. The number of aryl methyl sites for hydroxylation is 1.